The molecule has 1 fully saturated rings. The van der Waals surface area contributed by atoms with Crippen molar-refractivity contribution in [2.24, 2.45) is 11.3 Å². The van der Waals surface area contributed by atoms with Gasteiger partial charge in [0.25, 0.3) is 0 Å². The zero-order chi connectivity index (χ0) is 26.2. The Morgan fingerprint density at radius 3 is 2.37 bits per heavy atom. The van der Waals surface area contributed by atoms with Crippen LogP contribution in [-0.4, -0.2) is 67.4 Å². The van der Waals surface area contributed by atoms with Gasteiger partial charge in [-0.1, -0.05) is 46.2 Å². The fraction of sp³-hybridized carbons (Fsp3) is 0.704. The lowest BCUT2D eigenvalue weighted by atomic mass is 9.86. The molecule has 1 amide bonds. The number of carboxylic acid groups (broad SMARTS) is 1. The zero-order valence-corrected chi connectivity index (χ0v) is 22.3. The van der Waals surface area contributed by atoms with Crippen LogP contribution in [0.2, 0.25) is 0 Å². The molecule has 5 atom stereocenters. The Bertz CT molecular complexity index is 805. The van der Waals surface area contributed by atoms with Crippen LogP contribution < -0.4 is 4.74 Å². The summed E-state index contributed by atoms with van der Waals surface area (Å²) in [6.45, 7) is 10.1. The first kappa shape index (κ1) is 28.9. The van der Waals surface area contributed by atoms with E-state index in [0.29, 0.717) is 19.4 Å². The number of hydrogen-bond acceptors (Lipinski definition) is 6. The molecule has 1 N–H and O–H groups in total. The Morgan fingerprint density at radius 1 is 1.20 bits per heavy atom. The average molecular weight is 494 g/mol. The Balaban J connectivity index is 2.34. The molecule has 0 aromatic heterocycles. The molecule has 1 aliphatic heterocycles. The summed E-state index contributed by atoms with van der Waals surface area (Å²) in [6, 6.07) is 7.01. The van der Waals surface area contributed by atoms with Crippen molar-refractivity contribution in [2.45, 2.75) is 91.2 Å². The molecule has 1 aromatic carbocycles. The van der Waals surface area contributed by atoms with Gasteiger partial charge < -0.3 is 24.1 Å². The van der Waals surface area contributed by atoms with Crippen LogP contribution in [0.4, 0.5) is 4.79 Å². The van der Waals surface area contributed by atoms with E-state index in [4.69, 9.17) is 18.9 Å². The summed E-state index contributed by atoms with van der Waals surface area (Å²) in [5.74, 6) is 0.351. The zero-order valence-electron chi connectivity index (χ0n) is 22.3. The Hall–Kier alpha value is -2.32. The van der Waals surface area contributed by atoms with Crippen molar-refractivity contribution in [1.82, 2.24) is 4.90 Å². The number of nitrogens with zero attached hydrogens (tertiary/aromatic N) is 1. The van der Waals surface area contributed by atoms with E-state index in [1.54, 1.807) is 7.11 Å². The van der Waals surface area contributed by atoms with Crippen molar-refractivity contribution in [3.8, 4) is 5.75 Å². The highest BCUT2D eigenvalue weighted by molar-refractivity contribution is 5.81. The molecule has 0 saturated carbocycles. The normalized spacial score (nSPS) is 24.5. The van der Waals surface area contributed by atoms with Gasteiger partial charge in [0.2, 0.25) is 0 Å². The minimum atomic E-state index is -1.20. The molecule has 8 heteroatoms. The molecular weight excluding hydrogens is 450 g/mol. The van der Waals surface area contributed by atoms with Crippen molar-refractivity contribution in [1.29, 1.82) is 0 Å². The predicted octanol–water partition coefficient (Wildman–Crippen LogP) is 5.13. The molecule has 8 nitrogen and oxygen atoms in total. The first-order valence-electron chi connectivity index (χ1n) is 12.5. The maximum atomic E-state index is 13.3. The molecule has 1 aromatic rings. The van der Waals surface area contributed by atoms with Gasteiger partial charge in [0.15, 0.2) is 0 Å². The second-order valence-electron chi connectivity index (χ2n) is 10.4. The minimum Gasteiger partial charge on any atom is -0.497 e. The molecule has 0 radical (unpaired) electrons. The Labute approximate surface area is 209 Å². The van der Waals surface area contributed by atoms with E-state index in [-0.39, 0.29) is 12.0 Å². The Morgan fingerprint density at radius 2 is 1.86 bits per heavy atom. The molecule has 1 unspecified atom stereocenters. The molecule has 2 rings (SSSR count). The third-order valence-electron chi connectivity index (χ3n) is 6.50. The number of hydrogen-bond donors (Lipinski definition) is 1. The largest absolute Gasteiger partial charge is 0.497 e. The number of methoxy groups -OCH3 is 2. The third kappa shape index (κ3) is 7.84. The molecule has 35 heavy (non-hydrogen) atoms. The second-order valence-corrected chi connectivity index (χ2v) is 10.4. The number of esters is 1. The highest BCUT2D eigenvalue weighted by atomic mass is 16.6. The number of carbonyl (C=O) groups excluding carboxylic acids is 1. The number of amides is 1. The first-order chi connectivity index (χ1) is 16.5. The minimum absolute atomic E-state index is 0.107. The fourth-order valence-corrected chi connectivity index (χ4v) is 4.91. The molecular formula is C27H43NO7. The summed E-state index contributed by atoms with van der Waals surface area (Å²) in [6.07, 6.45) is 0.586. The molecule has 0 bridgehead atoms. The van der Waals surface area contributed by atoms with Gasteiger partial charge in [-0.2, -0.15) is 0 Å². The van der Waals surface area contributed by atoms with Crippen LogP contribution in [0.3, 0.4) is 0 Å². The number of carbonyl (C=O) groups is 2. The summed E-state index contributed by atoms with van der Waals surface area (Å²) in [5, 5.41) is 10.1. The van der Waals surface area contributed by atoms with Crippen LogP contribution >= 0.6 is 0 Å². The highest BCUT2D eigenvalue weighted by Gasteiger charge is 2.43. The SMILES string of the molecule is CCCO[C@@H]1[C@@H](Cc2ccc(OC)cc2)CCC[C@H](N(C(=O)O)C(OC)C(C)(C)C)C(=O)O[C@H]1C. The van der Waals surface area contributed by atoms with Crippen molar-refractivity contribution in [2.75, 3.05) is 20.8 Å². The molecule has 1 heterocycles. The summed E-state index contributed by atoms with van der Waals surface area (Å²) in [5.41, 5.74) is 0.621. The number of benzene rings is 1. The van der Waals surface area contributed by atoms with Gasteiger partial charge in [-0.15, -0.1) is 0 Å². The number of ether oxygens (including phenoxy) is 4. The van der Waals surface area contributed by atoms with E-state index in [0.717, 1.165) is 35.5 Å². The molecule has 1 saturated heterocycles. The predicted molar refractivity (Wildman–Crippen MR) is 134 cm³/mol. The van der Waals surface area contributed by atoms with Gasteiger partial charge in [-0.05, 0) is 56.2 Å². The van der Waals surface area contributed by atoms with Crippen LogP contribution in [-0.2, 0) is 25.4 Å². The molecule has 0 aliphatic carbocycles. The summed E-state index contributed by atoms with van der Waals surface area (Å²) in [4.78, 5) is 26.8. The topological polar surface area (TPSA) is 94.5 Å². The Kier molecular flexibility index (Phi) is 10.8. The summed E-state index contributed by atoms with van der Waals surface area (Å²) < 4.78 is 23.0. The van der Waals surface area contributed by atoms with Crippen LogP contribution in [0.5, 0.6) is 5.75 Å². The molecule has 1 aliphatic rings. The van der Waals surface area contributed by atoms with Crippen molar-refractivity contribution in [3.63, 3.8) is 0 Å². The average Bonchev–Trinajstić information content (AvgIpc) is 2.84. The van der Waals surface area contributed by atoms with E-state index >= 15 is 0 Å². The maximum absolute atomic E-state index is 13.3. The van der Waals surface area contributed by atoms with E-state index in [1.165, 1.54) is 7.11 Å². The van der Waals surface area contributed by atoms with Gasteiger partial charge in [-0.3, -0.25) is 4.90 Å². The van der Waals surface area contributed by atoms with Crippen molar-refractivity contribution in [3.05, 3.63) is 29.8 Å². The summed E-state index contributed by atoms with van der Waals surface area (Å²) >= 11 is 0. The smallest absolute Gasteiger partial charge is 0.410 e. The lowest BCUT2D eigenvalue weighted by Gasteiger charge is -2.40. The lowest BCUT2D eigenvalue weighted by molar-refractivity contribution is -0.172. The van der Waals surface area contributed by atoms with E-state index in [1.807, 2.05) is 58.9 Å². The van der Waals surface area contributed by atoms with Crippen LogP contribution in [0.25, 0.3) is 0 Å². The fourth-order valence-electron chi connectivity index (χ4n) is 4.91. The van der Waals surface area contributed by atoms with Crippen molar-refractivity contribution >= 4 is 12.1 Å². The first-order valence-corrected chi connectivity index (χ1v) is 12.5. The highest BCUT2D eigenvalue weighted by Crippen LogP contribution is 2.32. The molecule has 0 spiro atoms. The van der Waals surface area contributed by atoms with Crippen LogP contribution in [0.1, 0.15) is 65.9 Å². The van der Waals surface area contributed by atoms with Gasteiger partial charge in [0.05, 0.1) is 13.2 Å². The lowest BCUT2D eigenvalue weighted by Crippen LogP contribution is -2.56. The molecule has 198 valence electrons. The van der Waals surface area contributed by atoms with Crippen LogP contribution in [0.15, 0.2) is 24.3 Å². The van der Waals surface area contributed by atoms with Gasteiger partial charge in [-0.25, -0.2) is 9.59 Å². The maximum Gasteiger partial charge on any atom is 0.410 e. The summed E-state index contributed by atoms with van der Waals surface area (Å²) in [7, 11) is 3.11. The van der Waals surface area contributed by atoms with Gasteiger partial charge in [0.1, 0.15) is 24.1 Å². The van der Waals surface area contributed by atoms with Crippen LogP contribution in [0, 0.1) is 11.3 Å². The quantitative estimate of drug-likeness (QED) is 0.376. The van der Waals surface area contributed by atoms with Gasteiger partial charge >= 0.3 is 12.1 Å². The number of cyclic esters (lactones) is 1. The van der Waals surface area contributed by atoms with Gasteiger partial charge in [0, 0.05) is 19.1 Å². The van der Waals surface area contributed by atoms with E-state index in [2.05, 4.69) is 0 Å². The number of rotatable bonds is 9. The second kappa shape index (κ2) is 13.1. The standard InChI is InChI=1S/C27H43NO7/c1-8-16-34-23-18(2)35-24(29)22(28(26(30)31)25(33-7)27(3,4)5)11-9-10-20(23)17-19-12-14-21(32-6)15-13-19/h12-15,18,20,22-23,25H,8-11,16-17H2,1-7H3,(H,30,31)/t18-,20+,22-,23-,25?/m0/s1. The van der Waals surface area contributed by atoms with Crippen molar-refractivity contribution < 1.29 is 33.6 Å². The third-order valence-corrected chi connectivity index (χ3v) is 6.50. The van der Waals surface area contributed by atoms with E-state index < -0.39 is 35.9 Å². The van der Waals surface area contributed by atoms with E-state index in [9.17, 15) is 14.7 Å². The monoisotopic (exact) mass is 493 g/mol.